The number of Topliss-reactive ketones (excluding diaryl/α,β-unsaturated/α-hetero) is 1. The van der Waals surface area contributed by atoms with E-state index in [-0.39, 0.29) is 17.6 Å². The second-order valence-corrected chi connectivity index (χ2v) is 2.92. The average molecular weight is 207 g/mol. The van der Waals surface area contributed by atoms with Gasteiger partial charge >= 0.3 is 0 Å². The summed E-state index contributed by atoms with van der Waals surface area (Å²) in [4.78, 5) is 14.7. The summed E-state index contributed by atoms with van der Waals surface area (Å²) in [5.74, 6) is -0.132. The number of carbonyl (C=O) groups is 1. The van der Waals surface area contributed by atoms with Crippen molar-refractivity contribution >= 4 is 23.3 Å². The zero-order chi connectivity index (χ0) is 10.3. The van der Waals surface area contributed by atoms with Crippen LogP contribution in [0.3, 0.4) is 0 Å². The first-order valence-electron chi connectivity index (χ1n) is 3.97. The maximum Gasteiger partial charge on any atom is 0.185 e. The highest BCUT2D eigenvalue weighted by Gasteiger charge is 2.10. The van der Waals surface area contributed by atoms with Crippen molar-refractivity contribution in [1.29, 1.82) is 0 Å². The zero-order valence-electron chi connectivity index (χ0n) is 7.37. The highest BCUT2D eigenvalue weighted by atomic mass is 35.5. The topological polar surface area (TPSA) is 107 Å². The molecule has 0 spiro atoms. The predicted molar refractivity (Wildman–Crippen MR) is 53.6 cm³/mol. The molecular formula is C7H15ClN4O. The summed E-state index contributed by atoms with van der Waals surface area (Å²) in [5.41, 5.74) is 15.7. The van der Waals surface area contributed by atoms with Gasteiger partial charge in [-0.05, 0) is 12.8 Å². The molecule has 0 rings (SSSR count). The highest BCUT2D eigenvalue weighted by molar-refractivity contribution is 6.28. The normalized spacial score (nSPS) is 12.2. The summed E-state index contributed by atoms with van der Waals surface area (Å²) < 4.78 is 0. The van der Waals surface area contributed by atoms with Gasteiger partial charge in [0.25, 0.3) is 0 Å². The number of hydrogen-bond donors (Lipinski definition) is 3. The molecule has 0 amide bonds. The zero-order valence-corrected chi connectivity index (χ0v) is 8.13. The van der Waals surface area contributed by atoms with E-state index in [2.05, 4.69) is 4.99 Å². The Balaban J connectivity index is 3.53. The molecular weight excluding hydrogens is 192 g/mol. The Morgan fingerprint density at radius 2 is 2.08 bits per heavy atom. The fourth-order valence-corrected chi connectivity index (χ4v) is 0.978. The van der Waals surface area contributed by atoms with E-state index in [1.165, 1.54) is 0 Å². The van der Waals surface area contributed by atoms with Gasteiger partial charge in [0.1, 0.15) is 0 Å². The van der Waals surface area contributed by atoms with E-state index in [0.29, 0.717) is 19.4 Å². The average Bonchev–Trinajstić information content (AvgIpc) is 2.10. The van der Waals surface area contributed by atoms with Gasteiger partial charge in [-0.25, -0.2) is 0 Å². The molecule has 0 saturated carbocycles. The highest BCUT2D eigenvalue weighted by Crippen LogP contribution is 1.97. The van der Waals surface area contributed by atoms with Crippen LogP contribution in [0.4, 0.5) is 0 Å². The minimum atomic E-state index is -0.494. The Hall–Kier alpha value is -0.810. The van der Waals surface area contributed by atoms with E-state index in [1.807, 2.05) is 0 Å². The lowest BCUT2D eigenvalue weighted by molar-refractivity contribution is -0.118. The lowest BCUT2D eigenvalue weighted by Crippen LogP contribution is -2.31. The van der Waals surface area contributed by atoms with Crippen LogP contribution in [0.1, 0.15) is 12.8 Å². The van der Waals surface area contributed by atoms with Gasteiger partial charge in [0, 0.05) is 6.54 Å². The van der Waals surface area contributed by atoms with Crippen molar-refractivity contribution in [3.05, 3.63) is 0 Å². The van der Waals surface area contributed by atoms with Crippen molar-refractivity contribution in [2.45, 2.75) is 18.9 Å². The number of ketones is 1. The van der Waals surface area contributed by atoms with Crippen LogP contribution < -0.4 is 17.2 Å². The lowest BCUT2D eigenvalue weighted by atomic mass is 10.1. The van der Waals surface area contributed by atoms with E-state index in [9.17, 15) is 4.79 Å². The third kappa shape index (κ3) is 6.36. The molecule has 0 aromatic heterocycles. The minimum absolute atomic E-state index is 0.0382. The summed E-state index contributed by atoms with van der Waals surface area (Å²) in [6.07, 6.45) is 1.24. The largest absolute Gasteiger partial charge is 0.370 e. The lowest BCUT2D eigenvalue weighted by Gasteiger charge is -2.06. The third-order valence-electron chi connectivity index (χ3n) is 1.51. The number of nitrogens with two attached hydrogens (primary N) is 3. The molecule has 0 aliphatic heterocycles. The fourth-order valence-electron chi connectivity index (χ4n) is 0.779. The molecule has 76 valence electrons. The fraction of sp³-hybridized carbons (Fsp3) is 0.714. The van der Waals surface area contributed by atoms with Crippen molar-refractivity contribution in [3.63, 3.8) is 0 Å². The van der Waals surface area contributed by atoms with Crippen molar-refractivity contribution in [2.24, 2.45) is 22.2 Å². The van der Waals surface area contributed by atoms with Crippen LogP contribution in [0.25, 0.3) is 0 Å². The molecule has 0 aliphatic carbocycles. The van der Waals surface area contributed by atoms with Gasteiger partial charge in [0.15, 0.2) is 11.7 Å². The summed E-state index contributed by atoms with van der Waals surface area (Å²) in [6, 6.07) is -0.494. The smallest absolute Gasteiger partial charge is 0.185 e. The van der Waals surface area contributed by atoms with Gasteiger partial charge in [0.2, 0.25) is 0 Å². The maximum absolute atomic E-state index is 10.9. The van der Waals surface area contributed by atoms with Crippen molar-refractivity contribution in [3.8, 4) is 0 Å². The number of nitrogens with zero attached hydrogens (tertiary/aromatic N) is 1. The number of hydrogen-bond acceptors (Lipinski definition) is 3. The summed E-state index contributed by atoms with van der Waals surface area (Å²) in [5, 5.41) is 0. The Labute approximate surface area is 82.3 Å². The van der Waals surface area contributed by atoms with Gasteiger partial charge in [-0.1, -0.05) is 0 Å². The Bertz CT molecular complexity index is 191. The molecule has 0 unspecified atom stereocenters. The van der Waals surface area contributed by atoms with E-state index in [1.54, 1.807) is 0 Å². The van der Waals surface area contributed by atoms with Gasteiger partial charge in [-0.2, -0.15) is 0 Å². The molecule has 0 radical (unpaired) electrons. The Morgan fingerprint density at radius 3 is 2.54 bits per heavy atom. The first kappa shape index (κ1) is 12.2. The molecule has 1 atom stereocenters. The molecule has 5 nitrogen and oxygen atoms in total. The standard InChI is InChI=1S/C7H15ClN4O/c8-4-6(13)5(9)2-1-3-12-7(10)11/h5H,1-4,9H2,(H4,10,11,12)/t5-/m0/s1. The SMILES string of the molecule is NC(N)=NCCC[C@H](N)C(=O)CCl. The molecule has 0 fully saturated rings. The van der Waals surface area contributed by atoms with Gasteiger partial charge in [-0.3, -0.25) is 9.79 Å². The van der Waals surface area contributed by atoms with Crippen molar-refractivity contribution in [1.82, 2.24) is 0 Å². The van der Waals surface area contributed by atoms with Crippen LogP contribution >= 0.6 is 11.6 Å². The molecule has 0 heterocycles. The number of carbonyl (C=O) groups excluding carboxylic acids is 1. The first-order chi connectivity index (χ1) is 6.07. The molecule has 0 saturated heterocycles. The van der Waals surface area contributed by atoms with Crippen LogP contribution in [0.5, 0.6) is 0 Å². The summed E-state index contributed by atoms with van der Waals surface area (Å²) in [7, 11) is 0. The molecule has 6 N–H and O–H groups in total. The number of aliphatic imine (C=N–C) groups is 1. The van der Waals surface area contributed by atoms with E-state index >= 15 is 0 Å². The van der Waals surface area contributed by atoms with Gasteiger partial charge in [-0.15, -0.1) is 11.6 Å². The van der Waals surface area contributed by atoms with Crippen LogP contribution in [0, 0.1) is 0 Å². The van der Waals surface area contributed by atoms with E-state index in [0.717, 1.165) is 0 Å². The minimum Gasteiger partial charge on any atom is -0.370 e. The molecule has 13 heavy (non-hydrogen) atoms. The van der Waals surface area contributed by atoms with Crippen LogP contribution in [0.2, 0.25) is 0 Å². The Kier molecular flexibility index (Phi) is 6.26. The maximum atomic E-state index is 10.9. The second kappa shape index (κ2) is 6.68. The van der Waals surface area contributed by atoms with Gasteiger partial charge in [0.05, 0.1) is 11.9 Å². The molecule has 6 heteroatoms. The molecule has 0 bridgehead atoms. The van der Waals surface area contributed by atoms with Crippen LogP contribution in [0.15, 0.2) is 4.99 Å². The first-order valence-corrected chi connectivity index (χ1v) is 4.51. The number of halogens is 1. The third-order valence-corrected chi connectivity index (χ3v) is 1.78. The van der Waals surface area contributed by atoms with Crippen molar-refractivity contribution < 1.29 is 4.79 Å². The van der Waals surface area contributed by atoms with Crippen molar-refractivity contribution in [2.75, 3.05) is 12.4 Å². The van der Waals surface area contributed by atoms with Gasteiger partial charge < -0.3 is 17.2 Å². The predicted octanol–water partition coefficient (Wildman–Crippen LogP) is -0.825. The molecule has 0 aliphatic rings. The molecule has 0 aromatic carbocycles. The summed E-state index contributed by atoms with van der Waals surface area (Å²) in [6.45, 7) is 0.492. The number of rotatable bonds is 6. The Morgan fingerprint density at radius 1 is 1.46 bits per heavy atom. The number of guanidine groups is 1. The van der Waals surface area contributed by atoms with Crippen LogP contribution in [-0.4, -0.2) is 30.2 Å². The molecule has 0 aromatic rings. The van der Waals surface area contributed by atoms with E-state index < -0.39 is 6.04 Å². The van der Waals surface area contributed by atoms with Crippen LogP contribution in [-0.2, 0) is 4.79 Å². The quantitative estimate of drug-likeness (QED) is 0.228. The number of alkyl halides is 1. The monoisotopic (exact) mass is 206 g/mol. The summed E-state index contributed by atoms with van der Waals surface area (Å²) >= 11 is 5.31. The van der Waals surface area contributed by atoms with E-state index in [4.69, 9.17) is 28.8 Å². The second-order valence-electron chi connectivity index (χ2n) is 2.66.